The van der Waals surface area contributed by atoms with Crippen LogP contribution >= 0.6 is 11.6 Å². The zero-order valence-electron chi connectivity index (χ0n) is 18.5. The summed E-state index contributed by atoms with van der Waals surface area (Å²) in [6.07, 6.45) is 1.02. The molecule has 1 fully saturated rings. The van der Waals surface area contributed by atoms with E-state index < -0.39 is 36.0 Å². The van der Waals surface area contributed by atoms with E-state index >= 15 is 0 Å². The maximum Gasteiger partial charge on any atom is 0.492 e. The van der Waals surface area contributed by atoms with Crippen molar-refractivity contribution in [2.24, 2.45) is 0 Å². The van der Waals surface area contributed by atoms with Crippen molar-refractivity contribution in [3.8, 4) is 0 Å². The Morgan fingerprint density at radius 1 is 1.20 bits per heavy atom. The van der Waals surface area contributed by atoms with E-state index in [9.17, 15) is 14.7 Å². The van der Waals surface area contributed by atoms with Crippen molar-refractivity contribution in [3.63, 3.8) is 0 Å². The number of nitrogens with one attached hydrogen (secondary N) is 1. The largest absolute Gasteiger partial charge is 0.492 e. The molecule has 9 heteroatoms. The zero-order chi connectivity index (χ0) is 22.9. The maximum absolute atomic E-state index is 12.2. The number of amides is 1. The SMILES string of the molecule is CC(C)(C)OC(=O)NCC(=Cc1cc(Cl)ccc1C(=O)O)B1OC(C)(C)C(C)(C)O1. The molecule has 0 spiro atoms. The molecule has 0 atom stereocenters. The number of halogens is 1. The maximum atomic E-state index is 12.2. The molecule has 0 unspecified atom stereocenters. The minimum Gasteiger partial charge on any atom is -0.478 e. The summed E-state index contributed by atoms with van der Waals surface area (Å²) in [6, 6.07) is 4.49. The van der Waals surface area contributed by atoms with Gasteiger partial charge in [-0.25, -0.2) is 9.59 Å². The van der Waals surface area contributed by atoms with E-state index in [1.54, 1.807) is 32.9 Å². The van der Waals surface area contributed by atoms with Gasteiger partial charge < -0.3 is 24.5 Å². The molecule has 0 radical (unpaired) electrons. The number of aromatic carboxylic acids is 1. The first-order valence-corrected chi connectivity index (χ1v) is 10.0. The van der Waals surface area contributed by atoms with Gasteiger partial charge in [-0.1, -0.05) is 17.7 Å². The Balaban J connectivity index is 2.40. The first-order chi connectivity index (χ1) is 13.6. The molecule has 2 rings (SSSR count). The third-order valence-corrected chi connectivity index (χ3v) is 5.21. The summed E-state index contributed by atoms with van der Waals surface area (Å²) < 4.78 is 17.5. The van der Waals surface area contributed by atoms with Gasteiger partial charge in [-0.15, -0.1) is 0 Å². The van der Waals surface area contributed by atoms with Crippen molar-refractivity contribution in [1.82, 2.24) is 5.32 Å². The molecule has 1 aliphatic rings. The lowest BCUT2D eigenvalue weighted by atomic mass is 9.76. The summed E-state index contributed by atoms with van der Waals surface area (Å²) in [4.78, 5) is 23.8. The van der Waals surface area contributed by atoms with Crippen LogP contribution in [-0.4, -0.2) is 47.6 Å². The Morgan fingerprint density at radius 3 is 2.27 bits per heavy atom. The van der Waals surface area contributed by atoms with Gasteiger partial charge in [-0.3, -0.25) is 0 Å². The highest BCUT2D eigenvalue weighted by Crippen LogP contribution is 2.39. The molecular weight excluding hydrogens is 408 g/mol. The summed E-state index contributed by atoms with van der Waals surface area (Å²) in [5.41, 5.74) is -0.873. The van der Waals surface area contributed by atoms with Crippen molar-refractivity contribution in [2.75, 3.05) is 6.54 Å². The lowest BCUT2D eigenvalue weighted by Crippen LogP contribution is -2.41. The van der Waals surface area contributed by atoms with Gasteiger partial charge in [0.05, 0.1) is 16.8 Å². The smallest absolute Gasteiger partial charge is 0.478 e. The summed E-state index contributed by atoms with van der Waals surface area (Å²) in [7, 11) is -0.787. The number of alkyl carbamates (subject to hydrolysis) is 1. The van der Waals surface area contributed by atoms with E-state index in [0.717, 1.165) is 0 Å². The summed E-state index contributed by atoms with van der Waals surface area (Å²) in [6.45, 7) is 13.0. The van der Waals surface area contributed by atoms with Gasteiger partial charge in [0, 0.05) is 11.6 Å². The standard InChI is InChI=1S/C21H29BClNO6/c1-19(2,3)28-18(27)24-12-14(22-29-20(4,5)21(6,7)30-22)10-13-11-15(23)8-9-16(13)17(25)26/h8-11H,12H2,1-7H3,(H,24,27)(H,25,26). The number of rotatable bonds is 5. The third-order valence-electron chi connectivity index (χ3n) is 4.98. The molecule has 0 saturated carbocycles. The van der Waals surface area contributed by atoms with Gasteiger partial charge in [0.15, 0.2) is 0 Å². The fraction of sp³-hybridized carbons (Fsp3) is 0.524. The Hall–Kier alpha value is -2.03. The zero-order valence-corrected chi connectivity index (χ0v) is 19.2. The number of benzene rings is 1. The van der Waals surface area contributed by atoms with Crippen molar-refractivity contribution in [2.45, 2.75) is 65.3 Å². The monoisotopic (exact) mass is 437 g/mol. The van der Waals surface area contributed by atoms with E-state index in [-0.39, 0.29) is 12.1 Å². The second kappa shape index (κ2) is 8.61. The molecule has 1 aromatic rings. The molecule has 1 saturated heterocycles. The molecule has 0 aliphatic carbocycles. The summed E-state index contributed by atoms with van der Waals surface area (Å²) >= 11 is 6.08. The fourth-order valence-corrected chi connectivity index (χ4v) is 2.91. The molecule has 1 aromatic carbocycles. The van der Waals surface area contributed by atoms with Gasteiger partial charge in [0.1, 0.15) is 5.60 Å². The Labute approximate surface area is 182 Å². The Bertz CT molecular complexity index is 844. The van der Waals surface area contributed by atoms with E-state index in [1.807, 2.05) is 27.7 Å². The number of carbonyl (C=O) groups is 2. The summed E-state index contributed by atoms with van der Waals surface area (Å²) in [5.74, 6) is -1.09. The molecular formula is C21H29BClNO6. The normalized spacial score (nSPS) is 18.3. The molecule has 1 heterocycles. The minimum absolute atomic E-state index is 0.0390. The van der Waals surface area contributed by atoms with Crippen LogP contribution < -0.4 is 5.32 Å². The first kappa shape index (κ1) is 24.2. The average molecular weight is 438 g/mol. The lowest BCUT2D eigenvalue weighted by Gasteiger charge is -2.32. The lowest BCUT2D eigenvalue weighted by molar-refractivity contribution is 0.00578. The van der Waals surface area contributed by atoms with Crippen LogP contribution in [0.25, 0.3) is 6.08 Å². The first-order valence-electron chi connectivity index (χ1n) is 9.67. The van der Waals surface area contributed by atoms with E-state index in [2.05, 4.69) is 5.32 Å². The molecule has 1 amide bonds. The van der Waals surface area contributed by atoms with Crippen LogP contribution in [0.1, 0.15) is 64.4 Å². The Morgan fingerprint density at radius 2 is 1.77 bits per heavy atom. The van der Waals surface area contributed by atoms with Crippen molar-refractivity contribution in [1.29, 1.82) is 0 Å². The van der Waals surface area contributed by atoms with Gasteiger partial charge in [0.2, 0.25) is 0 Å². The predicted molar refractivity (Wildman–Crippen MR) is 117 cm³/mol. The van der Waals surface area contributed by atoms with E-state index in [1.165, 1.54) is 12.1 Å². The number of hydrogen-bond donors (Lipinski definition) is 2. The number of carbonyl (C=O) groups excluding carboxylic acids is 1. The van der Waals surface area contributed by atoms with Crippen LogP contribution in [0.15, 0.2) is 23.7 Å². The summed E-state index contributed by atoms with van der Waals surface area (Å²) in [5, 5.41) is 12.6. The van der Waals surface area contributed by atoms with Gasteiger partial charge in [0.25, 0.3) is 0 Å². The highest BCUT2D eigenvalue weighted by molar-refractivity contribution is 6.56. The van der Waals surface area contributed by atoms with Crippen molar-refractivity contribution in [3.05, 3.63) is 39.8 Å². The molecule has 0 aromatic heterocycles. The van der Waals surface area contributed by atoms with Gasteiger partial charge >= 0.3 is 19.2 Å². The van der Waals surface area contributed by atoms with Crippen LogP contribution in [0.5, 0.6) is 0 Å². The van der Waals surface area contributed by atoms with Crippen molar-refractivity contribution < 1.29 is 28.7 Å². The number of carboxylic acid groups (broad SMARTS) is 1. The Kier molecular flexibility index (Phi) is 6.96. The topological polar surface area (TPSA) is 94.1 Å². The van der Waals surface area contributed by atoms with Crippen LogP contribution in [0, 0.1) is 0 Å². The highest BCUT2D eigenvalue weighted by atomic mass is 35.5. The van der Waals surface area contributed by atoms with Crippen molar-refractivity contribution >= 4 is 36.9 Å². The number of ether oxygens (including phenoxy) is 1. The quantitative estimate of drug-likeness (QED) is 0.655. The predicted octanol–water partition coefficient (Wildman–Crippen LogP) is 4.58. The van der Waals surface area contributed by atoms with Gasteiger partial charge in [-0.05, 0) is 77.7 Å². The van der Waals surface area contributed by atoms with E-state index in [0.29, 0.717) is 16.1 Å². The molecule has 30 heavy (non-hydrogen) atoms. The van der Waals surface area contributed by atoms with Crippen LogP contribution in [0.4, 0.5) is 4.79 Å². The van der Waals surface area contributed by atoms with Crippen LogP contribution in [-0.2, 0) is 14.0 Å². The van der Waals surface area contributed by atoms with E-state index in [4.69, 9.17) is 25.6 Å². The third kappa shape index (κ3) is 6.00. The second-order valence-electron chi connectivity index (χ2n) is 9.20. The molecule has 1 aliphatic heterocycles. The second-order valence-corrected chi connectivity index (χ2v) is 9.64. The van der Waals surface area contributed by atoms with Gasteiger partial charge in [-0.2, -0.15) is 0 Å². The molecule has 0 bridgehead atoms. The molecule has 2 N–H and O–H groups in total. The highest BCUT2D eigenvalue weighted by Gasteiger charge is 2.52. The molecule has 7 nitrogen and oxygen atoms in total. The molecule has 164 valence electrons. The average Bonchev–Trinajstić information content (AvgIpc) is 2.77. The van der Waals surface area contributed by atoms with Crippen LogP contribution in [0.2, 0.25) is 5.02 Å². The van der Waals surface area contributed by atoms with Crippen LogP contribution in [0.3, 0.4) is 0 Å². The number of hydrogen-bond acceptors (Lipinski definition) is 5. The fourth-order valence-electron chi connectivity index (χ4n) is 2.73. The minimum atomic E-state index is -1.09. The number of carboxylic acids is 1.